The number of methoxy groups -OCH3 is 1. The number of aromatic nitrogens is 2. The van der Waals surface area contributed by atoms with E-state index in [4.69, 9.17) is 4.74 Å². The highest BCUT2D eigenvalue weighted by molar-refractivity contribution is 5.96. The lowest BCUT2D eigenvalue weighted by atomic mass is 9.97. The highest BCUT2D eigenvalue weighted by Crippen LogP contribution is 2.25. The van der Waals surface area contributed by atoms with Crippen molar-refractivity contribution >= 4 is 11.8 Å². The van der Waals surface area contributed by atoms with Crippen LogP contribution >= 0.6 is 0 Å². The molecule has 0 saturated carbocycles. The van der Waals surface area contributed by atoms with Crippen LogP contribution in [0.5, 0.6) is 5.75 Å². The minimum absolute atomic E-state index is 0.0867. The lowest BCUT2D eigenvalue weighted by Crippen LogP contribution is -2.59. The Labute approximate surface area is 191 Å². The number of benzene rings is 2. The van der Waals surface area contributed by atoms with E-state index in [1.807, 2.05) is 55.5 Å². The van der Waals surface area contributed by atoms with Crippen molar-refractivity contribution in [3.8, 4) is 16.9 Å². The van der Waals surface area contributed by atoms with Crippen LogP contribution in [0.25, 0.3) is 11.1 Å². The molecule has 8 heteroatoms. The van der Waals surface area contributed by atoms with Crippen molar-refractivity contribution in [3.63, 3.8) is 0 Å². The maximum absolute atomic E-state index is 13.2. The van der Waals surface area contributed by atoms with E-state index in [2.05, 4.69) is 10.2 Å². The molecular weight excluding hydrogens is 420 g/mol. The highest BCUT2D eigenvalue weighted by atomic mass is 16.5. The second-order valence-electron chi connectivity index (χ2n) is 7.87. The number of carbonyl (C=O) groups excluding carboxylic acids is 2. The molecule has 1 saturated heterocycles. The van der Waals surface area contributed by atoms with Crippen molar-refractivity contribution in [2.24, 2.45) is 0 Å². The summed E-state index contributed by atoms with van der Waals surface area (Å²) in [4.78, 5) is 41.1. The van der Waals surface area contributed by atoms with Crippen LogP contribution in [-0.2, 0) is 11.2 Å². The van der Waals surface area contributed by atoms with E-state index in [0.717, 1.165) is 22.4 Å². The van der Waals surface area contributed by atoms with Crippen molar-refractivity contribution in [1.29, 1.82) is 0 Å². The zero-order valence-electron chi connectivity index (χ0n) is 18.7. The van der Waals surface area contributed by atoms with Gasteiger partial charge in [0.05, 0.1) is 7.11 Å². The molecule has 0 radical (unpaired) electrons. The number of carbonyl (C=O) groups is 2. The smallest absolute Gasteiger partial charge is 0.275 e. The molecule has 2 amide bonds. The fraction of sp³-hybridized carbons (Fsp3) is 0.280. The van der Waals surface area contributed by atoms with Crippen LogP contribution in [0, 0.1) is 0 Å². The maximum Gasteiger partial charge on any atom is 0.275 e. The number of likely N-dealkylation sites (N-methyl/N-ethyl adjacent to an activating group) is 1. The van der Waals surface area contributed by atoms with E-state index in [-0.39, 0.29) is 23.1 Å². The second kappa shape index (κ2) is 9.68. The summed E-state index contributed by atoms with van der Waals surface area (Å²) in [5.41, 5.74) is 2.74. The Hall–Kier alpha value is -3.94. The number of nitrogens with zero attached hydrogens (tertiary/aromatic N) is 3. The molecule has 1 atom stereocenters. The molecule has 8 nitrogen and oxygen atoms in total. The predicted octanol–water partition coefficient (Wildman–Crippen LogP) is 2.36. The molecule has 1 aromatic heterocycles. The van der Waals surface area contributed by atoms with E-state index in [9.17, 15) is 14.4 Å². The number of hydrogen-bond donors (Lipinski definition) is 1. The first kappa shape index (κ1) is 22.3. The molecule has 0 unspecified atom stereocenters. The average Bonchev–Trinajstić information content (AvgIpc) is 2.85. The molecule has 33 heavy (non-hydrogen) atoms. The Morgan fingerprint density at radius 2 is 1.85 bits per heavy atom. The number of amides is 2. The molecule has 1 aliphatic rings. The molecule has 3 aromatic rings. The van der Waals surface area contributed by atoms with Crippen LogP contribution in [0.15, 0.2) is 65.5 Å². The van der Waals surface area contributed by atoms with E-state index in [1.165, 1.54) is 12.1 Å². The Kier molecular flexibility index (Phi) is 6.53. The van der Waals surface area contributed by atoms with Gasteiger partial charge in [0.25, 0.3) is 11.5 Å². The van der Waals surface area contributed by atoms with Crippen LogP contribution in [0.3, 0.4) is 0 Å². The molecule has 1 aliphatic heterocycles. The van der Waals surface area contributed by atoms with Gasteiger partial charge in [-0.05, 0) is 41.8 Å². The van der Waals surface area contributed by atoms with Gasteiger partial charge in [-0.15, -0.1) is 0 Å². The van der Waals surface area contributed by atoms with Crippen molar-refractivity contribution in [2.75, 3.05) is 26.7 Å². The third-order valence-electron chi connectivity index (χ3n) is 5.90. The van der Waals surface area contributed by atoms with Gasteiger partial charge in [0.15, 0.2) is 0 Å². The van der Waals surface area contributed by atoms with Gasteiger partial charge in [-0.25, -0.2) is 5.10 Å². The lowest BCUT2D eigenvalue weighted by Gasteiger charge is -2.40. The van der Waals surface area contributed by atoms with Crippen LogP contribution < -0.4 is 10.3 Å². The first-order valence-electron chi connectivity index (χ1n) is 10.9. The molecule has 1 N–H and O–H groups in total. The molecule has 4 rings (SSSR count). The number of rotatable bonds is 6. The van der Waals surface area contributed by atoms with Gasteiger partial charge in [-0.1, -0.05) is 36.4 Å². The third kappa shape index (κ3) is 4.79. The summed E-state index contributed by atoms with van der Waals surface area (Å²) in [6, 6.07) is 17.8. The topological polar surface area (TPSA) is 95.6 Å². The average molecular weight is 447 g/mol. The summed E-state index contributed by atoms with van der Waals surface area (Å²) < 4.78 is 5.23. The van der Waals surface area contributed by atoms with Crippen LogP contribution in [0.2, 0.25) is 0 Å². The van der Waals surface area contributed by atoms with E-state index >= 15 is 0 Å². The fourth-order valence-corrected chi connectivity index (χ4v) is 4.09. The van der Waals surface area contributed by atoms with Gasteiger partial charge in [0.2, 0.25) is 5.91 Å². The SMILES string of the molecule is CCN1CCN(C(=O)c2ccc(=O)[nH]n2)[C@@H](Cc2cccc(-c3ccc(OC)cc3)c2)C1=O. The lowest BCUT2D eigenvalue weighted by molar-refractivity contribution is -0.139. The van der Waals surface area contributed by atoms with Gasteiger partial charge in [-0.3, -0.25) is 14.4 Å². The predicted molar refractivity (Wildman–Crippen MR) is 124 cm³/mol. The number of nitrogens with one attached hydrogen (secondary N) is 1. The molecular formula is C25H26N4O4. The Balaban J connectivity index is 1.62. The van der Waals surface area contributed by atoms with E-state index < -0.39 is 6.04 Å². The Morgan fingerprint density at radius 1 is 1.06 bits per heavy atom. The molecule has 1 fully saturated rings. The monoisotopic (exact) mass is 446 g/mol. The fourth-order valence-electron chi connectivity index (χ4n) is 4.09. The molecule has 2 heterocycles. The highest BCUT2D eigenvalue weighted by Gasteiger charge is 2.37. The van der Waals surface area contributed by atoms with Gasteiger partial charge in [0, 0.05) is 32.1 Å². The number of ether oxygens (including phenoxy) is 1. The molecule has 0 spiro atoms. The largest absolute Gasteiger partial charge is 0.497 e. The molecule has 2 aromatic carbocycles. The first-order valence-corrected chi connectivity index (χ1v) is 10.9. The number of hydrogen-bond acceptors (Lipinski definition) is 5. The van der Waals surface area contributed by atoms with Gasteiger partial charge in [0.1, 0.15) is 17.5 Å². The maximum atomic E-state index is 13.2. The minimum atomic E-state index is -0.647. The van der Waals surface area contributed by atoms with Crippen molar-refractivity contribution in [1.82, 2.24) is 20.0 Å². The summed E-state index contributed by atoms with van der Waals surface area (Å²) in [6.45, 7) is 3.38. The summed E-state index contributed by atoms with van der Waals surface area (Å²) in [5, 5.41) is 6.16. The molecule has 0 bridgehead atoms. The third-order valence-corrected chi connectivity index (χ3v) is 5.90. The van der Waals surface area contributed by atoms with Gasteiger partial charge < -0.3 is 14.5 Å². The van der Waals surface area contributed by atoms with Crippen LogP contribution in [-0.4, -0.2) is 64.6 Å². The van der Waals surface area contributed by atoms with Crippen molar-refractivity contribution in [3.05, 3.63) is 82.3 Å². The number of aromatic amines is 1. The van der Waals surface area contributed by atoms with Crippen molar-refractivity contribution in [2.45, 2.75) is 19.4 Å². The standard InChI is InChI=1S/C25H26N4O4/c1-3-28-13-14-29(24(31)21-11-12-23(30)27-26-21)22(25(28)32)16-17-5-4-6-19(15-17)18-7-9-20(33-2)10-8-18/h4-12,15,22H,3,13-14,16H2,1-2H3,(H,27,30)/t22-/m0/s1. The summed E-state index contributed by atoms with van der Waals surface area (Å²) >= 11 is 0. The zero-order chi connectivity index (χ0) is 23.4. The quantitative estimate of drug-likeness (QED) is 0.627. The molecule has 170 valence electrons. The summed E-state index contributed by atoms with van der Waals surface area (Å²) in [7, 11) is 1.63. The minimum Gasteiger partial charge on any atom is -0.497 e. The first-order chi connectivity index (χ1) is 16.0. The second-order valence-corrected chi connectivity index (χ2v) is 7.87. The van der Waals surface area contributed by atoms with Gasteiger partial charge in [-0.2, -0.15) is 5.10 Å². The van der Waals surface area contributed by atoms with Crippen LogP contribution in [0.4, 0.5) is 0 Å². The van der Waals surface area contributed by atoms with Crippen molar-refractivity contribution < 1.29 is 14.3 Å². The summed E-state index contributed by atoms with van der Waals surface area (Å²) in [6.07, 6.45) is 0.383. The zero-order valence-corrected chi connectivity index (χ0v) is 18.7. The molecule has 0 aliphatic carbocycles. The van der Waals surface area contributed by atoms with Crippen LogP contribution in [0.1, 0.15) is 23.0 Å². The van der Waals surface area contributed by atoms with Gasteiger partial charge >= 0.3 is 0 Å². The Bertz CT molecular complexity index is 1190. The number of H-pyrrole nitrogens is 1. The normalized spacial score (nSPS) is 16.1. The Morgan fingerprint density at radius 3 is 2.52 bits per heavy atom. The van der Waals surface area contributed by atoms with E-state index in [0.29, 0.717) is 26.1 Å². The summed E-state index contributed by atoms with van der Waals surface area (Å²) in [5.74, 6) is 0.329. The number of piperazine rings is 1. The van der Waals surface area contributed by atoms with E-state index in [1.54, 1.807) is 16.9 Å².